The van der Waals surface area contributed by atoms with Gasteiger partial charge in [0.2, 0.25) is 15.9 Å². The van der Waals surface area contributed by atoms with Crippen LogP contribution in [0.5, 0.6) is 5.75 Å². The largest absolute Gasteiger partial charge is 0.490 e. The van der Waals surface area contributed by atoms with E-state index in [0.717, 1.165) is 21.2 Å². The van der Waals surface area contributed by atoms with E-state index in [1.807, 2.05) is 50.2 Å². The number of hydrogen-bond acceptors (Lipinski definition) is 5. The number of aliphatic carboxylic acids is 1. The van der Waals surface area contributed by atoms with Crippen LogP contribution in [0.4, 0.5) is 0 Å². The maximum atomic E-state index is 13.5. The highest BCUT2D eigenvalue weighted by Crippen LogP contribution is 2.36. The van der Waals surface area contributed by atoms with E-state index < -0.39 is 33.5 Å². The summed E-state index contributed by atoms with van der Waals surface area (Å²) in [6.45, 7) is 5.50. The number of sulfonamides is 1. The Morgan fingerprint density at radius 2 is 1.68 bits per heavy atom. The molecule has 3 aromatic rings. The van der Waals surface area contributed by atoms with E-state index in [-0.39, 0.29) is 40.4 Å². The van der Waals surface area contributed by atoms with Crippen molar-refractivity contribution in [3.05, 3.63) is 82.3 Å². The van der Waals surface area contributed by atoms with Gasteiger partial charge in [-0.05, 0) is 69.0 Å². The number of hydrogen-bond donors (Lipinski definition) is 2. The van der Waals surface area contributed by atoms with Gasteiger partial charge in [-0.2, -0.15) is 4.31 Å². The topological polar surface area (TPSA) is 113 Å². The number of para-hydroxylation sites is 1. The molecule has 0 radical (unpaired) electrons. The first-order valence-electron chi connectivity index (χ1n) is 13.2. The number of benzene rings is 3. The molecule has 218 valence electrons. The fourth-order valence-electron chi connectivity index (χ4n) is 4.99. The molecule has 1 saturated heterocycles. The minimum Gasteiger partial charge on any atom is -0.490 e. The first-order chi connectivity index (χ1) is 19.3. The second kappa shape index (κ2) is 12.4. The number of rotatable bonds is 10. The highest BCUT2D eigenvalue weighted by Gasteiger charge is 2.50. The van der Waals surface area contributed by atoms with Crippen molar-refractivity contribution in [2.45, 2.75) is 62.6 Å². The number of nitrogens with zero attached hydrogens (tertiary/aromatic N) is 1. The molecule has 1 heterocycles. The molecule has 2 atom stereocenters. The molecule has 0 bridgehead atoms. The van der Waals surface area contributed by atoms with Crippen LogP contribution >= 0.6 is 23.2 Å². The zero-order valence-corrected chi connectivity index (χ0v) is 25.3. The van der Waals surface area contributed by atoms with Gasteiger partial charge in [-0.3, -0.25) is 4.79 Å². The van der Waals surface area contributed by atoms with Gasteiger partial charge in [-0.25, -0.2) is 13.2 Å². The Bertz CT molecular complexity index is 1520. The van der Waals surface area contributed by atoms with Crippen molar-refractivity contribution in [3.8, 4) is 16.9 Å². The van der Waals surface area contributed by atoms with Crippen LogP contribution in [-0.4, -0.2) is 53.9 Å². The Hall–Kier alpha value is -3.11. The summed E-state index contributed by atoms with van der Waals surface area (Å²) in [4.78, 5) is 25.6. The smallest absolute Gasteiger partial charge is 0.326 e. The van der Waals surface area contributed by atoms with Crippen LogP contribution < -0.4 is 10.1 Å². The summed E-state index contributed by atoms with van der Waals surface area (Å²) >= 11 is 12.1. The van der Waals surface area contributed by atoms with Crippen molar-refractivity contribution in [1.82, 2.24) is 9.62 Å². The number of ether oxygens (including phenoxy) is 1. The summed E-state index contributed by atoms with van der Waals surface area (Å²) in [6, 6.07) is 17.7. The number of halogens is 2. The van der Waals surface area contributed by atoms with Gasteiger partial charge in [0.1, 0.15) is 17.3 Å². The van der Waals surface area contributed by atoms with Crippen LogP contribution in [0.3, 0.4) is 0 Å². The molecule has 0 aliphatic carbocycles. The Kier molecular flexibility index (Phi) is 9.33. The van der Waals surface area contributed by atoms with Gasteiger partial charge >= 0.3 is 5.97 Å². The average molecular weight is 620 g/mol. The van der Waals surface area contributed by atoms with Crippen LogP contribution in [-0.2, 0) is 26.0 Å². The van der Waals surface area contributed by atoms with E-state index >= 15 is 0 Å². The molecule has 3 aromatic carbocycles. The lowest BCUT2D eigenvalue weighted by atomic mass is 9.97. The maximum Gasteiger partial charge on any atom is 0.326 e. The monoisotopic (exact) mass is 618 g/mol. The van der Waals surface area contributed by atoms with Crippen LogP contribution in [0.1, 0.15) is 39.2 Å². The molecule has 1 unspecified atom stereocenters. The Morgan fingerprint density at radius 3 is 2.29 bits per heavy atom. The lowest BCUT2D eigenvalue weighted by molar-refractivity contribution is -0.143. The van der Waals surface area contributed by atoms with E-state index in [9.17, 15) is 23.1 Å². The van der Waals surface area contributed by atoms with Gasteiger partial charge in [-0.1, -0.05) is 65.7 Å². The molecule has 8 nitrogen and oxygen atoms in total. The Morgan fingerprint density at radius 1 is 1.05 bits per heavy atom. The predicted octanol–water partition coefficient (Wildman–Crippen LogP) is 5.80. The SMILES string of the molecule is CC(C)Oc1ccccc1-c1ccc(CC(NC(=O)[C@]2(C)CCCN2S(=O)(=O)c2cc(Cl)cc(Cl)c2)C(=O)O)cc1. The molecule has 0 saturated carbocycles. The summed E-state index contributed by atoms with van der Waals surface area (Å²) in [5.74, 6) is -1.17. The van der Waals surface area contributed by atoms with Crippen molar-refractivity contribution in [2.24, 2.45) is 0 Å². The van der Waals surface area contributed by atoms with Crippen LogP contribution in [0.2, 0.25) is 10.0 Å². The van der Waals surface area contributed by atoms with Crippen LogP contribution in [0.25, 0.3) is 11.1 Å². The first-order valence-corrected chi connectivity index (χ1v) is 15.4. The van der Waals surface area contributed by atoms with Crippen molar-refractivity contribution in [3.63, 3.8) is 0 Å². The third kappa shape index (κ3) is 6.86. The van der Waals surface area contributed by atoms with Gasteiger partial charge in [0.25, 0.3) is 0 Å². The summed E-state index contributed by atoms with van der Waals surface area (Å²) in [5.41, 5.74) is 1.01. The van der Waals surface area contributed by atoms with Crippen LogP contribution in [0.15, 0.2) is 71.6 Å². The minimum absolute atomic E-state index is 0.00583. The van der Waals surface area contributed by atoms with Gasteiger partial charge < -0.3 is 15.2 Å². The first kappa shape index (κ1) is 30.8. The quantitative estimate of drug-likeness (QED) is 0.297. The maximum absolute atomic E-state index is 13.5. The molecule has 4 rings (SSSR count). The molecule has 0 aromatic heterocycles. The highest BCUT2D eigenvalue weighted by atomic mass is 35.5. The second-order valence-electron chi connectivity index (χ2n) is 10.5. The minimum atomic E-state index is -4.15. The summed E-state index contributed by atoms with van der Waals surface area (Å²) in [6.07, 6.45) is 0.675. The third-order valence-corrected chi connectivity index (χ3v) is 9.48. The van der Waals surface area contributed by atoms with Gasteiger partial charge in [0.05, 0.1) is 11.0 Å². The van der Waals surface area contributed by atoms with E-state index in [2.05, 4.69) is 5.32 Å². The Balaban J connectivity index is 1.52. The lowest BCUT2D eigenvalue weighted by Crippen LogP contribution is -2.58. The molecule has 11 heteroatoms. The van der Waals surface area contributed by atoms with Crippen molar-refractivity contribution in [1.29, 1.82) is 0 Å². The van der Waals surface area contributed by atoms with E-state index in [1.165, 1.54) is 25.1 Å². The van der Waals surface area contributed by atoms with Gasteiger partial charge in [0.15, 0.2) is 0 Å². The number of nitrogens with one attached hydrogen (secondary N) is 1. The highest BCUT2D eigenvalue weighted by molar-refractivity contribution is 7.89. The van der Waals surface area contributed by atoms with Crippen molar-refractivity contribution >= 4 is 45.1 Å². The van der Waals surface area contributed by atoms with Crippen LogP contribution in [0, 0.1) is 0 Å². The molecule has 2 N–H and O–H groups in total. The molecule has 1 aliphatic rings. The fourth-order valence-corrected chi connectivity index (χ4v) is 7.52. The molecule has 1 fully saturated rings. The van der Waals surface area contributed by atoms with Crippen molar-refractivity contribution < 1.29 is 27.9 Å². The third-order valence-electron chi connectivity index (χ3n) is 7.05. The van der Waals surface area contributed by atoms with E-state index in [4.69, 9.17) is 27.9 Å². The van der Waals surface area contributed by atoms with Crippen molar-refractivity contribution in [2.75, 3.05) is 6.54 Å². The summed E-state index contributed by atoms with van der Waals surface area (Å²) < 4.78 is 34.0. The van der Waals surface area contributed by atoms with E-state index in [0.29, 0.717) is 12.0 Å². The molecule has 1 aliphatic heterocycles. The predicted molar refractivity (Wildman–Crippen MR) is 159 cm³/mol. The number of carboxylic acids is 1. The second-order valence-corrected chi connectivity index (χ2v) is 13.2. The number of amides is 1. The molecule has 1 amide bonds. The molecule has 41 heavy (non-hydrogen) atoms. The Labute approximate surface area is 250 Å². The molecular weight excluding hydrogens is 587 g/mol. The fraction of sp³-hybridized carbons (Fsp3) is 0.333. The van der Waals surface area contributed by atoms with Gasteiger partial charge in [0, 0.05) is 28.6 Å². The zero-order valence-electron chi connectivity index (χ0n) is 22.9. The standard InChI is InChI=1S/C30H32Cl2N2O6S/c1-19(2)40-27-8-5-4-7-25(27)21-11-9-20(10-12-21)15-26(28(35)36)33-29(37)30(3)13-6-14-34(30)41(38,39)24-17-22(31)16-23(32)18-24/h4-5,7-12,16-19,26H,6,13-15H2,1-3H3,(H,33,37)(H,35,36)/t26?,30-/m0/s1. The average Bonchev–Trinajstić information content (AvgIpc) is 3.32. The zero-order chi connectivity index (χ0) is 29.9. The number of carboxylic acid groups (broad SMARTS) is 1. The molecular formula is C30H32Cl2N2O6S. The van der Waals surface area contributed by atoms with E-state index in [1.54, 1.807) is 12.1 Å². The summed E-state index contributed by atoms with van der Waals surface area (Å²) in [7, 11) is -4.15. The summed E-state index contributed by atoms with van der Waals surface area (Å²) in [5, 5.41) is 12.8. The number of carbonyl (C=O) groups is 2. The lowest BCUT2D eigenvalue weighted by Gasteiger charge is -2.34. The number of carbonyl (C=O) groups excluding carboxylic acids is 1. The normalized spacial score (nSPS) is 18.3. The van der Waals surface area contributed by atoms with Gasteiger partial charge in [-0.15, -0.1) is 0 Å². The molecule has 0 spiro atoms.